The molecule has 1 fully saturated rings. The average Bonchev–Trinajstić information content (AvgIpc) is 2.74. The van der Waals surface area contributed by atoms with Crippen molar-refractivity contribution >= 4 is 11.8 Å². The minimum Gasteiger partial charge on any atom is -0.326 e. The lowest BCUT2D eigenvalue weighted by molar-refractivity contribution is 0.599. The van der Waals surface area contributed by atoms with Gasteiger partial charge in [-0.15, -0.1) is 11.8 Å². The van der Waals surface area contributed by atoms with E-state index in [2.05, 4.69) is 0 Å². The number of thioether (sulfide) groups is 1. The molecule has 0 amide bonds. The molecule has 1 aliphatic rings. The number of benzene rings is 1. The molecular weight excluding hydrogens is 209 g/mol. The summed E-state index contributed by atoms with van der Waals surface area (Å²) in [5, 5.41) is 0.614. The summed E-state index contributed by atoms with van der Waals surface area (Å²) in [5.41, 5.74) is 6.32. The van der Waals surface area contributed by atoms with Gasteiger partial charge in [-0.3, -0.25) is 0 Å². The van der Waals surface area contributed by atoms with E-state index in [4.69, 9.17) is 5.73 Å². The number of nitrogens with two attached hydrogens (primary N) is 1. The third kappa shape index (κ3) is 2.73. The molecule has 82 valence electrons. The van der Waals surface area contributed by atoms with E-state index in [1.54, 1.807) is 17.8 Å². The van der Waals surface area contributed by atoms with Gasteiger partial charge < -0.3 is 5.73 Å². The monoisotopic (exact) mass is 225 g/mol. The molecule has 1 aromatic rings. The second kappa shape index (κ2) is 4.99. The van der Waals surface area contributed by atoms with Crippen molar-refractivity contribution in [3.05, 3.63) is 29.6 Å². The molecule has 1 aliphatic carbocycles. The topological polar surface area (TPSA) is 26.0 Å². The largest absolute Gasteiger partial charge is 0.326 e. The summed E-state index contributed by atoms with van der Waals surface area (Å²) in [7, 11) is 0. The van der Waals surface area contributed by atoms with Gasteiger partial charge in [0.05, 0.1) is 0 Å². The molecule has 15 heavy (non-hydrogen) atoms. The minimum absolute atomic E-state index is 0.116. The van der Waals surface area contributed by atoms with Gasteiger partial charge in [0.25, 0.3) is 0 Å². The minimum atomic E-state index is -0.116. The quantitative estimate of drug-likeness (QED) is 0.854. The van der Waals surface area contributed by atoms with Gasteiger partial charge in [-0.05, 0) is 30.5 Å². The van der Waals surface area contributed by atoms with Gasteiger partial charge in [0.1, 0.15) is 5.82 Å². The van der Waals surface area contributed by atoms with Crippen molar-refractivity contribution in [3.63, 3.8) is 0 Å². The van der Waals surface area contributed by atoms with E-state index in [0.29, 0.717) is 11.8 Å². The molecular formula is C12H16FNS. The van der Waals surface area contributed by atoms with Crippen LogP contribution in [-0.2, 0) is 6.54 Å². The number of hydrogen-bond donors (Lipinski definition) is 1. The van der Waals surface area contributed by atoms with Crippen LogP contribution in [0.15, 0.2) is 23.1 Å². The Kier molecular flexibility index (Phi) is 3.65. The summed E-state index contributed by atoms with van der Waals surface area (Å²) in [6.45, 7) is 0.408. The molecule has 1 saturated carbocycles. The lowest BCUT2D eigenvalue weighted by Gasteiger charge is -2.10. The van der Waals surface area contributed by atoms with Crippen molar-refractivity contribution in [2.24, 2.45) is 5.73 Å². The molecule has 0 spiro atoms. The zero-order valence-electron chi connectivity index (χ0n) is 8.71. The van der Waals surface area contributed by atoms with Gasteiger partial charge in [0.15, 0.2) is 0 Å². The van der Waals surface area contributed by atoms with Crippen LogP contribution in [0.1, 0.15) is 31.2 Å². The maximum atomic E-state index is 13.6. The van der Waals surface area contributed by atoms with E-state index < -0.39 is 0 Å². The summed E-state index contributed by atoms with van der Waals surface area (Å²) >= 11 is 1.68. The first-order valence-electron chi connectivity index (χ1n) is 5.45. The molecule has 1 aromatic carbocycles. The Morgan fingerprint density at radius 2 is 2.07 bits per heavy atom. The molecule has 3 heteroatoms. The van der Waals surface area contributed by atoms with Crippen LogP contribution in [0.25, 0.3) is 0 Å². The second-order valence-corrected chi connectivity index (χ2v) is 5.34. The summed E-state index contributed by atoms with van der Waals surface area (Å²) in [5.74, 6) is -0.116. The Bertz CT molecular complexity index is 334. The first-order valence-corrected chi connectivity index (χ1v) is 6.32. The van der Waals surface area contributed by atoms with E-state index in [-0.39, 0.29) is 5.82 Å². The molecule has 0 bridgehead atoms. The van der Waals surface area contributed by atoms with Gasteiger partial charge in [0.2, 0.25) is 0 Å². The lowest BCUT2D eigenvalue weighted by atomic mass is 10.2. The van der Waals surface area contributed by atoms with Gasteiger partial charge >= 0.3 is 0 Å². The van der Waals surface area contributed by atoms with E-state index in [1.165, 1.54) is 25.7 Å². The Morgan fingerprint density at radius 3 is 2.67 bits per heavy atom. The number of hydrogen-bond acceptors (Lipinski definition) is 2. The van der Waals surface area contributed by atoms with Crippen molar-refractivity contribution in [2.45, 2.75) is 42.4 Å². The zero-order valence-corrected chi connectivity index (χ0v) is 9.52. The van der Waals surface area contributed by atoms with Crippen LogP contribution in [0, 0.1) is 5.82 Å². The summed E-state index contributed by atoms with van der Waals surface area (Å²) in [4.78, 5) is 0.777. The van der Waals surface area contributed by atoms with Crippen LogP contribution in [0.2, 0.25) is 0 Å². The van der Waals surface area contributed by atoms with Crippen molar-refractivity contribution in [3.8, 4) is 0 Å². The van der Waals surface area contributed by atoms with Crippen molar-refractivity contribution in [1.82, 2.24) is 0 Å². The molecule has 0 unspecified atom stereocenters. The predicted octanol–water partition coefficient (Wildman–Crippen LogP) is 3.32. The summed E-state index contributed by atoms with van der Waals surface area (Å²) in [6.07, 6.45) is 5.03. The molecule has 2 N–H and O–H groups in total. The van der Waals surface area contributed by atoms with Crippen molar-refractivity contribution in [2.75, 3.05) is 0 Å². The predicted molar refractivity (Wildman–Crippen MR) is 62.4 cm³/mol. The molecule has 0 heterocycles. The first-order chi connectivity index (χ1) is 7.29. The summed E-state index contributed by atoms with van der Waals surface area (Å²) in [6, 6.07) is 5.33. The van der Waals surface area contributed by atoms with Crippen LogP contribution >= 0.6 is 11.8 Å². The van der Waals surface area contributed by atoms with Crippen LogP contribution in [0.5, 0.6) is 0 Å². The molecule has 1 nitrogen and oxygen atoms in total. The molecule has 0 radical (unpaired) electrons. The van der Waals surface area contributed by atoms with E-state index in [1.807, 2.05) is 12.1 Å². The molecule has 0 aromatic heterocycles. The smallest absolute Gasteiger partial charge is 0.137 e. The first kappa shape index (κ1) is 11.0. The van der Waals surface area contributed by atoms with Gasteiger partial charge in [-0.2, -0.15) is 0 Å². The van der Waals surface area contributed by atoms with Gasteiger partial charge in [-0.1, -0.05) is 18.9 Å². The van der Waals surface area contributed by atoms with Crippen molar-refractivity contribution < 1.29 is 4.39 Å². The summed E-state index contributed by atoms with van der Waals surface area (Å²) < 4.78 is 13.6. The Hall–Kier alpha value is -0.540. The fraction of sp³-hybridized carbons (Fsp3) is 0.500. The molecule has 2 rings (SSSR count). The Morgan fingerprint density at radius 1 is 1.33 bits per heavy atom. The van der Waals surface area contributed by atoms with Crippen LogP contribution in [-0.4, -0.2) is 5.25 Å². The van der Waals surface area contributed by atoms with Crippen LogP contribution < -0.4 is 5.73 Å². The van der Waals surface area contributed by atoms with E-state index in [0.717, 1.165) is 10.5 Å². The Labute approximate surface area is 94.2 Å². The molecule has 0 atom stereocenters. The number of halogens is 1. The maximum Gasteiger partial charge on any atom is 0.137 e. The highest BCUT2D eigenvalue weighted by Crippen LogP contribution is 2.35. The third-order valence-electron chi connectivity index (χ3n) is 2.83. The van der Waals surface area contributed by atoms with Crippen molar-refractivity contribution in [1.29, 1.82) is 0 Å². The highest BCUT2D eigenvalue weighted by atomic mass is 32.2. The highest BCUT2D eigenvalue weighted by molar-refractivity contribution is 8.00. The second-order valence-electron chi connectivity index (χ2n) is 3.99. The SMILES string of the molecule is NCc1ccc(SC2CCCC2)c(F)c1. The normalized spacial score (nSPS) is 17.2. The third-order valence-corrected chi connectivity index (χ3v) is 4.22. The number of rotatable bonds is 3. The fourth-order valence-electron chi connectivity index (χ4n) is 1.95. The molecule has 0 aliphatic heterocycles. The maximum absolute atomic E-state index is 13.6. The zero-order chi connectivity index (χ0) is 10.7. The fourth-order valence-corrected chi connectivity index (χ4v) is 3.20. The lowest BCUT2D eigenvalue weighted by Crippen LogP contribution is -1.99. The Balaban J connectivity index is 2.07. The van der Waals surface area contributed by atoms with Gasteiger partial charge in [0, 0.05) is 16.7 Å². The average molecular weight is 225 g/mol. The van der Waals surface area contributed by atoms with E-state index in [9.17, 15) is 4.39 Å². The standard InChI is InChI=1S/C12H16FNS/c13-11-7-9(8-14)5-6-12(11)15-10-3-1-2-4-10/h5-7,10H,1-4,8,14H2. The van der Waals surface area contributed by atoms with Crippen LogP contribution in [0.4, 0.5) is 4.39 Å². The molecule has 0 saturated heterocycles. The van der Waals surface area contributed by atoms with Crippen LogP contribution in [0.3, 0.4) is 0 Å². The van der Waals surface area contributed by atoms with Gasteiger partial charge in [-0.25, -0.2) is 4.39 Å². The van der Waals surface area contributed by atoms with E-state index >= 15 is 0 Å². The highest BCUT2D eigenvalue weighted by Gasteiger charge is 2.17.